The summed E-state index contributed by atoms with van der Waals surface area (Å²) in [4.78, 5) is 26.1. The number of nitrogens with two attached hydrogens (primary N) is 1. The first kappa shape index (κ1) is 17.0. The van der Waals surface area contributed by atoms with Crippen molar-refractivity contribution in [2.75, 3.05) is 20.2 Å². The molecule has 1 saturated carbocycles. The number of hydrogen-bond acceptors (Lipinski definition) is 4. The van der Waals surface area contributed by atoms with Crippen LogP contribution in [-0.4, -0.2) is 43.0 Å². The molecule has 1 aliphatic rings. The molecule has 5 heteroatoms. The highest BCUT2D eigenvalue weighted by Crippen LogP contribution is 2.36. The van der Waals surface area contributed by atoms with Crippen LogP contribution < -0.4 is 5.73 Å². The topological polar surface area (TPSA) is 72.6 Å². The van der Waals surface area contributed by atoms with Gasteiger partial charge in [-0.1, -0.05) is 25.7 Å². The molecule has 1 rings (SSSR count). The van der Waals surface area contributed by atoms with Crippen LogP contribution in [0.25, 0.3) is 0 Å². The first-order valence-corrected chi connectivity index (χ1v) is 7.55. The average molecular weight is 284 g/mol. The minimum Gasteiger partial charge on any atom is -0.468 e. The van der Waals surface area contributed by atoms with Gasteiger partial charge in [-0.2, -0.15) is 0 Å². The van der Waals surface area contributed by atoms with Gasteiger partial charge in [-0.05, 0) is 26.7 Å². The van der Waals surface area contributed by atoms with E-state index in [-0.39, 0.29) is 24.5 Å². The van der Waals surface area contributed by atoms with Crippen LogP contribution in [0.4, 0.5) is 0 Å². The van der Waals surface area contributed by atoms with E-state index in [9.17, 15) is 9.59 Å². The van der Waals surface area contributed by atoms with E-state index in [2.05, 4.69) is 0 Å². The van der Waals surface area contributed by atoms with E-state index in [1.54, 1.807) is 4.90 Å². The Labute approximate surface area is 121 Å². The monoisotopic (exact) mass is 284 g/mol. The van der Waals surface area contributed by atoms with Gasteiger partial charge in [0.15, 0.2) is 0 Å². The molecule has 0 aromatic carbocycles. The molecule has 0 aliphatic heterocycles. The quantitative estimate of drug-likeness (QED) is 0.616. The Hall–Kier alpha value is -1.10. The minimum absolute atomic E-state index is 0.00868. The number of esters is 1. The van der Waals surface area contributed by atoms with E-state index in [1.807, 2.05) is 13.8 Å². The fourth-order valence-corrected chi connectivity index (χ4v) is 2.91. The summed E-state index contributed by atoms with van der Waals surface area (Å²) in [6, 6.07) is -0.0340. The highest BCUT2D eigenvalue weighted by molar-refractivity contribution is 5.87. The van der Waals surface area contributed by atoms with Crippen molar-refractivity contribution in [3.05, 3.63) is 0 Å². The van der Waals surface area contributed by atoms with Crippen molar-refractivity contribution in [2.24, 2.45) is 11.1 Å². The molecule has 5 nitrogen and oxygen atoms in total. The molecule has 1 fully saturated rings. The number of carbonyl (C=O) groups excluding carboxylic acids is 2. The van der Waals surface area contributed by atoms with Crippen molar-refractivity contribution >= 4 is 11.9 Å². The summed E-state index contributed by atoms with van der Waals surface area (Å²) < 4.78 is 4.70. The first-order valence-electron chi connectivity index (χ1n) is 7.55. The summed E-state index contributed by atoms with van der Waals surface area (Å²) in [6.07, 6.45) is 6.04. The lowest BCUT2D eigenvalue weighted by molar-refractivity contribution is -0.153. The summed E-state index contributed by atoms with van der Waals surface area (Å²) in [7, 11) is 1.34. The molecule has 0 heterocycles. The molecule has 1 amide bonds. The summed E-state index contributed by atoms with van der Waals surface area (Å²) in [5, 5.41) is 0. The first-order chi connectivity index (χ1) is 9.46. The largest absolute Gasteiger partial charge is 0.468 e. The zero-order chi connectivity index (χ0) is 15.2. The van der Waals surface area contributed by atoms with Crippen molar-refractivity contribution in [1.29, 1.82) is 0 Å². The van der Waals surface area contributed by atoms with Crippen molar-refractivity contribution < 1.29 is 14.3 Å². The third-order valence-corrected chi connectivity index (χ3v) is 4.32. The number of rotatable bonds is 5. The van der Waals surface area contributed by atoms with Crippen LogP contribution in [0.15, 0.2) is 0 Å². The van der Waals surface area contributed by atoms with Gasteiger partial charge in [0.25, 0.3) is 0 Å². The van der Waals surface area contributed by atoms with Gasteiger partial charge in [0.2, 0.25) is 5.91 Å². The normalized spacial score (nSPS) is 18.4. The van der Waals surface area contributed by atoms with Crippen LogP contribution in [0.2, 0.25) is 0 Å². The molecular weight excluding hydrogens is 256 g/mol. The summed E-state index contributed by atoms with van der Waals surface area (Å²) >= 11 is 0. The lowest BCUT2D eigenvalue weighted by atomic mass is 9.78. The van der Waals surface area contributed by atoms with Crippen LogP contribution >= 0.6 is 0 Å². The van der Waals surface area contributed by atoms with Crippen LogP contribution in [0.1, 0.15) is 52.4 Å². The Kier molecular flexibility index (Phi) is 6.46. The highest BCUT2D eigenvalue weighted by Gasteiger charge is 2.41. The lowest BCUT2D eigenvalue weighted by Gasteiger charge is -2.37. The molecule has 0 aromatic heterocycles. The molecule has 0 spiro atoms. The summed E-state index contributed by atoms with van der Waals surface area (Å²) in [5.41, 5.74) is 5.45. The summed E-state index contributed by atoms with van der Waals surface area (Å²) in [6.45, 7) is 4.20. The smallest absolute Gasteiger partial charge is 0.325 e. The van der Waals surface area contributed by atoms with Crippen LogP contribution in [0.3, 0.4) is 0 Å². The van der Waals surface area contributed by atoms with Crippen molar-refractivity contribution in [1.82, 2.24) is 4.90 Å². The molecule has 20 heavy (non-hydrogen) atoms. The Bertz CT molecular complexity index is 334. The van der Waals surface area contributed by atoms with Gasteiger partial charge in [0, 0.05) is 12.6 Å². The third kappa shape index (κ3) is 3.95. The number of ether oxygens (including phenoxy) is 1. The van der Waals surface area contributed by atoms with E-state index in [1.165, 1.54) is 7.11 Å². The Balaban J connectivity index is 2.92. The van der Waals surface area contributed by atoms with E-state index in [4.69, 9.17) is 10.5 Å². The van der Waals surface area contributed by atoms with Gasteiger partial charge >= 0.3 is 5.97 Å². The molecule has 0 unspecified atom stereocenters. The number of methoxy groups -OCH3 is 1. The van der Waals surface area contributed by atoms with Gasteiger partial charge in [-0.15, -0.1) is 0 Å². The van der Waals surface area contributed by atoms with Crippen molar-refractivity contribution in [3.8, 4) is 0 Å². The van der Waals surface area contributed by atoms with E-state index < -0.39 is 5.41 Å². The molecule has 0 bridgehead atoms. The molecule has 2 N–H and O–H groups in total. The maximum absolute atomic E-state index is 12.9. The van der Waals surface area contributed by atoms with Gasteiger partial charge in [0.05, 0.1) is 12.5 Å². The SMILES string of the molecule is COC(=O)CN(C(=O)C1(CN)CCCCCC1)C(C)C. The Morgan fingerprint density at radius 1 is 1.20 bits per heavy atom. The average Bonchev–Trinajstić information content (AvgIpc) is 2.69. The summed E-state index contributed by atoms with van der Waals surface area (Å²) in [5.74, 6) is -0.366. The van der Waals surface area contributed by atoms with Crippen LogP contribution in [0.5, 0.6) is 0 Å². The molecule has 1 aliphatic carbocycles. The minimum atomic E-state index is -0.491. The number of hydrogen-bond donors (Lipinski definition) is 1. The van der Waals surface area contributed by atoms with E-state index >= 15 is 0 Å². The molecule has 0 aromatic rings. The molecule has 0 saturated heterocycles. The predicted octanol–water partition coefficient (Wildman–Crippen LogP) is 1.70. The van der Waals surface area contributed by atoms with Crippen molar-refractivity contribution in [2.45, 2.75) is 58.4 Å². The van der Waals surface area contributed by atoms with Crippen molar-refractivity contribution in [3.63, 3.8) is 0 Å². The van der Waals surface area contributed by atoms with Gasteiger partial charge < -0.3 is 15.4 Å². The molecule has 0 radical (unpaired) electrons. The lowest BCUT2D eigenvalue weighted by Crippen LogP contribution is -2.52. The number of carbonyl (C=O) groups is 2. The molecule has 116 valence electrons. The molecule has 0 atom stereocenters. The third-order valence-electron chi connectivity index (χ3n) is 4.32. The molecular formula is C15H28N2O3. The van der Waals surface area contributed by atoms with Crippen LogP contribution in [0, 0.1) is 5.41 Å². The number of nitrogens with zero attached hydrogens (tertiary/aromatic N) is 1. The zero-order valence-corrected chi connectivity index (χ0v) is 13.0. The second-order valence-corrected chi connectivity index (χ2v) is 6.00. The van der Waals surface area contributed by atoms with Crippen LogP contribution in [-0.2, 0) is 14.3 Å². The van der Waals surface area contributed by atoms with Gasteiger partial charge in [0.1, 0.15) is 6.54 Å². The second kappa shape index (κ2) is 7.62. The Morgan fingerprint density at radius 3 is 2.15 bits per heavy atom. The Morgan fingerprint density at radius 2 is 1.75 bits per heavy atom. The predicted molar refractivity (Wildman–Crippen MR) is 78.1 cm³/mol. The fraction of sp³-hybridized carbons (Fsp3) is 0.867. The van der Waals surface area contributed by atoms with E-state index in [0.29, 0.717) is 6.54 Å². The van der Waals surface area contributed by atoms with E-state index in [0.717, 1.165) is 38.5 Å². The standard InChI is InChI=1S/C15H28N2O3/c1-12(2)17(10-13(18)20-3)14(19)15(11-16)8-6-4-5-7-9-15/h12H,4-11,16H2,1-3H3. The number of amides is 1. The zero-order valence-electron chi connectivity index (χ0n) is 13.0. The highest BCUT2D eigenvalue weighted by atomic mass is 16.5. The second-order valence-electron chi connectivity index (χ2n) is 6.00. The maximum atomic E-state index is 12.9. The van der Waals surface area contributed by atoms with Gasteiger partial charge in [-0.3, -0.25) is 9.59 Å². The fourth-order valence-electron chi connectivity index (χ4n) is 2.91. The van der Waals surface area contributed by atoms with Gasteiger partial charge in [-0.25, -0.2) is 0 Å². The maximum Gasteiger partial charge on any atom is 0.325 e.